The molecule has 0 saturated heterocycles. The largest absolute Gasteiger partial charge is 0.398 e. The molecule has 116 valence electrons. The van der Waals surface area contributed by atoms with Crippen LogP contribution in [0, 0.1) is 19.3 Å². The van der Waals surface area contributed by atoms with Crippen LogP contribution < -0.4 is 11.5 Å². The zero-order valence-corrected chi connectivity index (χ0v) is 13.7. The molecule has 0 radical (unpaired) electrons. The van der Waals surface area contributed by atoms with Crippen molar-refractivity contribution in [1.29, 1.82) is 5.41 Å². The van der Waals surface area contributed by atoms with Crippen LogP contribution >= 0.6 is 0 Å². The Balaban J connectivity index is 3.13. The third-order valence-electron chi connectivity index (χ3n) is 3.40. The first kappa shape index (κ1) is 17.4. The van der Waals surface area contributed by atoms with E-state index in [2.05, 4.69) is 11.6 Å². The molecule has 1 rings (SSSR count). The lowest BCUT2D eigenvalue weighted by molar-refractivity contribution is 1.33. The molecule has 0 atom stereocenters. The highest BCUT2D eigenvalue weighted by Gasteiger charge is 2.10. The number of nitrogens with zero attached hydrogens (tertiary/aromatic N) is 1. The van der Waals surface area contributed by atoms with E-state index in [4.69, 9.17) is 16.9 Å². The van der Waals surface area contributed by atoms with Gasteiger partial charge in [0.25, 0.3) is 0 Å². The number of allylic oxidation sites excluding steroid dienone is 3. The van der Waals surface area contributed by atoms with E-state index in [0.29, 0.717) is 11.3 Å². The van der Waals surface area contributed by atoms with Gasteiger partial charge in [-0.1, -0.05) is 24.8 Å². The number of benzene rings is 1. The van der Waals surface area contributed by atoms with Crippen LogP contribution in [0.4, 0.5) is 5.69 Å². The van der Waals surface area contributed by atoms with Gasteiger partial charge >= 0.3 is 0 Å². The Labute approximate surface area is 132 Å². The van der Waals surface area contributed by atoms with Crippen LogP contribution in [0.3, 0.4) is 0 Å². The fourth-order valence-corrected chi connectivity index (χ4v) is 1.93. The molecular weight excluding hydrogens is 272 g/mol. The van der Waals surface area contributed by atoms with E-state index in [1.54, 1.807) is 0 Å². The zero-order chi connectivity index (χ0) is 16.9. The number of rotatable bonds is 4. The van der Waals surface area contributed by atoms with Gasteiger partial charge in [-0.05, 0) is 56.5 Å². The van der Waals surface area contributed by atoms with Crippen LogP contribution in [0.15, 0.2) is 53.1 Å². The highest BCUT2D eigenvalue weighted by molar-refractivity contribution is 6.11. The summed E-state index contributed by atoms with van der Waals surface area (Å²) in [5.74, 6) is 0.327. The van der Waals surface area contributed by atoms with E-state index in [1.807, 2.05) is 58.1 Å². The molecule has 5 N–H and O–H groups in total. The van der Waals surface area contributed by atoms with Crippen LogP contribution in [0.1, 0.15) is 30.5 Å². The Morgan fingerprint density at radius 3 is 2.55 bits per heavy atom. The van der Waals surface area contributed by atoms with Crippen LogP contribution in [-0.2, 0) is 0 Å². The highest BCUT2D eigenvalue weighted by Crippen LogP contribution is 2.19. The van der Waals surface area contributed by atoms with Gasteiger partial charge in [0.05, 0.1) is 0 Å². The molecule has 4 nitrogen and oxygen atoms in total. The van der Waals surface area contributed by atoms with E-state index in [1.165, 1.54) is 0 Å². The molecule has 0 bridgehead atoms. The summed E-state index contributed by atoms with van der Waals surface area (Å²) >= 11 is 0. The van der Waals surface area contributed by atoms with Crippen LogP contribution in [0.2, 0.25) is 0 Å². The van der Waals surface area contributed by atoms with Gasteiger partial charge < -0.3 is 11.5 Å². The molecule has 0 spiro atoms. The van der Waals surface area contributed by atoms with Crippen molar-refractivity contribution in [3.05, 3.63) is 64.8 Å². The van der Waals surface area contributed by atoms with E-state index < -0.39 is 0 Å². The predicted molar refractivity (Wildman–Crippen MR) is 96.5 cm³/mol. The summed E-state index contributed by atoms with van der Waals surface area (Å²) in [6, 6.07) is 3.81. The number of nitrogens with two attached hydrogens (primary N) is 2. The van der Waals surface area contributed by atoms with Gasteiger partial charge in [0, 0.05) is 16.8 Å². The number of nitrogens with one attached hydrogen (secondary N) is 1. The summed E-state index contributed by atoms with van der Waals surface area (Å²) in [5.41, 5.74) is 16.7. The topological polar surface area (TPSA) is 88.2 Å². The van der Waals surface area contributed by atoms with Crippen molar-refractivity contribution in [2.75, 3.05) is 5.73 Å². The molecule has 0 aliphatic rings. The Morgan fingerprint density at radius 1 is 1.32 bits per heavy atom. The summed E-state index contributed by atoms with van der Waals surface area (Å²) in [5, 5.41) is 8.05. The maximum Gasteiger partial charge on any atom is 0.153 e. The minimum atomic E-state index is 0.0511. The number of aliphatic imine (C=N–C) groups is 1. The van der Waals surface area contributed by atoms with Crippen LogP contribution in [0.5, 0.6) is 0 Å². The van der Waals surface area contributed by atoms with E-state index in [9.17, 15) is 0 Å². The quantitative estimate of drug-likeness (QED) is 0.343. The maximum absolute atomic E-state index is 8.05. The molecule has 0 heterocycles. The number of nitrogen functional groups attached to an aromatic ring is 1. The van der Waals surface area contributed by atoms with Gasteiger partial charge in [0.1, 0.15) is 5.84 Å². The van der Waals surface area contributed by atoms with Crippen molar-refractivity contribution < 1.29 is 0 Å². The van der Waals surface area contributed by atoms with Gasteiger partial charge in [-0.15, -0.1) is 0 Å². The fourth-order valence-electron chi connectivity index (χ4n) is 1.93. The van der Waals surface area contributed by atoms with E-state index >= 15 is 0 Å². The maximum atomic E-state index is 8.05. The monoisotopic (exact) mass is 296 g/mol. The molecule has 0 amide bonds. The Morgan fingerprint density at radius 2 is 1.95 bits per heavy atom. The molecular formula is C18H24N4. The van der Waals surface area contributed by atoms with E-state index in [0.717, 1.165) is 22.3 Å². The average Bonchev–Trinajstić information content (AvgIpc) is 2.47. The summed E-state index contributed by atoms with van der Waals surface area (Å²) in [6.07, 6.45) is 5.70. The van der Waals surface area contributed by atoms with Crippen LogP contribution in [0.25, 0.3) is 0 Å². The summed E-state index contributed by atoms with van der Waals surface area (Å²) < 4.78 is 0. The van der Waals surface area contributed by atoms with Gasteiger partial charge in [-0.2, -0.15) is 0 Å². The summed E-state index contributed by atoms with van der Waals surface area (Å²) in [6.45, 7) is 11.6. The molecule has 1 aromatic rings. The second kappa shape index (κ2) is 7.41. The van der Waals surface area contributed by atoms with Crippen molar-refractivity contribution in [1.82, 2.24) is 0 Å². The van der Waals surface area contributed by atoms with Gasteiger partial charge in [0.15, 0.2) is 5.84 Å². The van der Waals surface area contributed by atoms with Crippen molar-refractivity contribution in [3.8, 4) is 0 Å². The molecule has 0 aromatic heterocycles. The second-order valence-electron chi connectivity index (χ2n) is 5.23. The van der Waals surface area contributed by atoms with Gasteiger partial charge in [0.2, 0.25) is 0 Å². The standard InChI is InChI=1S/C18H24N4/c1-6-7-8-12(3)13(4)17(20)22-18(21)15-9-11(2)10-16(19)14(15)5/h6-10H,4,19H2,1-3,5H3,(H3,20,21,22)/b7-6-,12-8-. The second-order valence-corrected chi connectivity index (χ2v) is 5.23. The minimum Gasteiger partial charge on any atom is -0.398 e. The summed E-state index contributed by atoms with van der Waals surface area (Å²) in [7, 11) is 0. The van der Waals surface area contributed by atoms with Crippen molar-refractivity contribution in [2.45, 2.75) is 27.7 Å². The minimum absolute atomic E-state index is 0.0511. The summed E-state index contributed by atoms with van der Waals surface area (Å²) in [4.78, 5) is 4.18. The number of aryl methyl sites for hydroxylation is 1. The molecule has 22 heavy (non-hydrogen) atoms. The average molecular weight is 296 g/mol. The number of amidine groups is 2. The molecule has 4 heteroatoms. The van der Waals surface area contributed by atoms with Gasteiger partial charge in [-0.25, -0.2) is 4.99 Å². The smallest absolute Gasteiger partial charge is 0.153 e. The van der Waals surface area contributed by atoms with E-state index in [-0.39, 0.29) is 11.7 Å². The fraction of sp³-hybridized carbons (Fsp3) is 0.222. The Hall–Kier alpha value is -2.62. The van der Waals surface area contributed by atoms with Gasteiger partial charge in [-0.3, -0.25) is 5.41 Å². The normalized spacial score (nSPS) is 12.7. The lowest BCUT2D eigenvalue weighted by atomic mass is 10.0. The van der Waals surface area contributed by atoms with Crippen molar-refractivity contribution in [3.63, 3.8) is 0 Å². The predicted octanol–water partition coefficient (Wildman–Crippen LogP) is 3.65. The first-order chi connectivity index (χ1) is 10.3. The Bertz CT molecular complexity index is 691. The van der Waals surface area contributed by atoms with Crippen molar-refractivity contribution >= 4 is 17.4 Å². The molecule has 0 saturated carbocycles. The third-order valence-corrected chi connectivity index (χ3v) is 3.40. The highest BCUT2D eigenvalue weighted by atomic mass is 14.9. The van der Waals surface area contributed by atoms with Crippen LogP contribution in [-0.4, -0.2) is 11.7 Å². The molecule has 0 fully saturated rings. The first-order valence-electron chi connectivity index (χ1n) is 7.07. The Kier molecular flexibility index (Phi) is 5.87. The van der Waals surface area contributed by atoms with Crippen molar-refractivity contribution in [2.24, 2.45) is 10.7 Å². The third kappa shape index (κ3) is 4.19. The lowest BCUT2D eigenvalue weighted by Crippen LogP contribution is -2.18. The number of anilines is 1. The SMILES string of the molecule is C=C(C(=N)N=C(N)c1cc(C)cc(N)c1C)/C(C)=C\C=C/C. The number of hydrogen-bond donors (Lipinski definition) is 3. The molecule has 0 unspecified atom stereocenters. The first-order valence-corrected chi connectivity index (χ1v) is 7.07. The number of hydrogen-bond acceptors (Lipinski definition) is 2. The zero-order valence-electron chi connectivity index (χ0n) is 13.7. The molecule has 1 aromatic carbocycles. The molecule has 0 aliphatic heterocycles. The molecule has 0 aliphatic carbocycles. The lowest BCUT2D eigenvalue weighted by Gasteiger charge is -2.11.